The number of nitrogens with one attached hydrogen (secondary N) is 2. The molecule has 2 heterocycles. The number of nitrogens with zero attached hydrogens (tertiary/aromatic N) is 3. The highest BCUT2D eigenvalue weighted by Crippen LogP contribution is 2.38. The Hall–Kier alpha value is -4.11. The summed E-state index contributed by atoms with van der Waals surface area (Å²) < 4.78 is 13.8. The third-order valence-corrected chi connectivity index (χ3v) is 6.81. The highest BCUT2D eigenvalue weighted by atomic mass is 16.5. The number of imidazole rings is 1. The zero-order valence-electron chi connectivity index (χ0n) is 21.9. The minimum atomic E-state index is -0.557. The third-order valence-electron chi connectivity index (χ3n) is 6.81. The molecule has 2 aromatic heterocycles. The van der Waals surface area contributed by atoms with Crippen molar-refractivity contribution in [1.82, 2.24) is 19.9 Å². The van der Waals surface area contributed by atoms with E-state index in [9.17, 15) is 4.79 Å². The Morgan fingerprint density at radius 1 is 1.24 bits per heavy atom. The first-order chi connectivity index (χ1) is 18.6. The van der Waals surface area contributed by atoms with Crippen LogP contribution in [0.1, 0.15) is 47.7 Å². The van der Waals surface area contributed by atoms with Crippen LogP contribution in [0.2, 0.25) is 0 Å². The molecule has 1 aliphatic rings. The van der Waals surface area contributed by atoms with Gasteiger partial charge in [-0.3, -0.25) is 9.78 Å². The van der Waals surface area contributed by atoms with E-state index in [1.807, 2.05) is 35.0 Å². The number of primary amides is 1. The SMILES string of the molecule is CCc1c(Cn2ccnc2)cccc1Nc1c(C(N)=O)cnc2cc(OC)c(OCCCNC3CC3)cc12. The van der Waals surface area contributed by atoms with E-state index >= 15 is 0 Å². The standard InChI is InChI=1S/C29H34N6O3/c1-3-21-19(17-35-12-11-31-18-35)6-4-7-24(21)34-28-22-14-27(38-13-5-10-32-20-8-9-20)26(37-2)15-25(22)33-16-23(28)29(30)36/h4,6-7,11-12,14-16,18,20,32H,3,5,8-10,13,17H2,1-2H3,(H2,30,36)(H,33,34). The Morgan fingerprint density at radius 3 is 2.82 bits per heavy atom. The molecule has 0 bridgehead atoms. The molecule has 0 atom stereocenters. The van der Waals surface area contributed by atoms with Crippen molar-refractivity contribution in [2.24, 2.45) is 5.73 Å². The van der Waals surface area contributed by atoms with Crippen LogP contribution in [0.4, 0.5) is 11.4 Å². The predicted molar refractivity (Wildman–Crippen MR) is 148 cm³/mol. The highest BCUT2D eigenvalue weighted by molar-refractivity contribution is 6.08. The van der Waals surface area contributed by atoms with Crippen LogP contribution < -0.4 is 25.8 Å². The van der Waals surface area contributed by atoms with Gasteiger partial charge in [0.1, 0.15) is 0 Å². The van der Waals surface area contributed by atoms with Crippen molar-refractivity contribution < 1.29 is 14.3 Å². The molecule has 0 aliphatic heterocycles. The van der Waals surface area contributed by atoms with Crippen LogP contribution in [0.3, 0.4) is 0 Å². The number of ether oxygens (including phenoxy) is 2. The van der Waals surface area contributed by atoms with Crippen molar-refractivity contribution in [3.05, 3.63) is 71.9 Å². The van der Waals surface area contributed by atoms with Gasteiger partial charge in [0.2, 0.25) is 0 Å². The number of pyridine rings is 1. The molecule has 9 heteroatoms. The summed E-state index contributed by atoms with van der Waals surface area (Å²) >= 11 is 0. The van der Waals surface area contributed by atoms with Gasteiger partial charge in [-0.2, -0.15) is 0 Å². The molecule has 4 N–H and O–H groups in total. The molecule has 1 amide bonds. The summed E-state index contributed by atoms with van der Waals surface area (Å²) in [4.78, 5) is 21.1. The van der Waals surface area contributed by atoms with Gasteiger partial charge >= 0.3 is 0 Å². The van der Waals surface area contributed by atoms with Crippen molar-refractivity contribution in [1.29, 1.82) is 0 Å². The normalized spacial score (nSPS) is 13.0. The van der Waals surface area contributed by atoms with Crippen LogP contribution >= 0.6 is 0 Å². The zero-order valence-corrected chi connectivity index (χ0v) is 21.9. The van der Waals surface area contributed by atoms with Crippen LogP contribution in [-0.4, -0.2) is 46.7 Å². The summed E-state index contributed by atoms with van der Waals surface area (Å²) in [5, 5.41) is 7.76. The first-order valence-corrected chi connectivity index (χ1v) is 13.1. The molecular formula is C29H34N6O3. The first-order valence-electron chi connectivity index (χ1n) is 13.1. The van der Waals surface area contributed by atoms with E-state index < -0.39 is 5.91 Å². The molecule has 1 saturated carbocycles. The number of anilines is 2. The predicted octanol–water partition coefficient (Wildman–Crippen LogP) is 4.41. The topological polar surface area (TPSA) is 116 Å². The van der Waals surface area contributed by atoms with Crippen LogP contribution in [0.5, 0.6) is 11.5 Å². The number of amides is 1. The molecule has 0 spiro atoms. The van der Waals surface area contributed by atoms with Crippen LogP contribution in [0, 0.1) is 0 Å². The van der Waals surface area contributed by atoms with Gasteiger partial charge in [0.25, 0.3) is 5.91 Å². The van der Waals surface area contributed by atoms with Gasteiger partial charge in [0.05, 0.1) is 36.8 Å². The lowest BCUT2D eigenvalue weighted by Gasteiger charge is -2.19. The third kappa shape index (κ3) is 5.73. The number of hydrogen-bond donors (Lipinski definition) is 3. The van der Waals surface area contributed by atoms with E-state index in [1.165, 1.54) is 24.6 Å². The maximum atomic E-state index is 12.5. The van der Waals surface area contributed by atoms with Crippen molar-refractivity contribution in [3.63, 3.8) is 0 Å². The quantitative estimate of drug-likeness (QED) is 0.226. The van der Waals surface area contributed by atoms with Crippen LogP contribution in [-0.2, 0) is 13.0 Å². The Bertz CT molecular complexity index is 1420. The van der Waals surface area contributed by atoms with Crippen molar-refractivity contribution in [2.75, 3.05) is 25.6 Å². The molecule has 38 heavy (non-hydrogen) atoms. The molecule has 0 unspecified atom stereocenters. The first kappa shape index (κ1) is 25.5. The van der Waals surface area contributed by atoms with Crippen molar-refractivity contribution in [2.45, 2.75) is 45.2 Å². The van der Waals surface area contributed by atoms with Crippen LogP contribution in [0.25, 0.3) is 10.9 Å². The summed E-state index contributed by atoms with van der Waals surface area (Å²) in [5.74, 6) is 0.635. The van der Waals surface area contributed by atoms with Gasteiger partial charge in [-0.25, -0.2) is 4.98 Å². The molecule has 5 rings (SSSR count). The lowest BCUT2D eigenvalue weighted by Crippen LogP contribution is -2.19. The molecular weight excluding hydrogens is 480 g/mol. The minimum absolute atomic E-state index is 0.310. The fraction of sp³-hybridized carbons (Fsp3) is 0.345. The number of rotatable bonds is 13. The maximum absolute atomic E-state index is 12.5. The molecule has 198 valence electrons. The van der Waals surface area contributed by atoms with Crippen molar-refractivity contribution >= 4 is 28.2 Å². The average Bonchev–Trinajstić information content (AvgIpc) is 3.61. The lowest BCUT2D eigenvalue weighted by molar-refractivity contribution is 0.100. The number of carbonyl (C=O) groups is 1. The second kappa shape index (κ2) is 11.5. The molecule has 0 saturated heterocycles. The smallest absolute Gasteiger partial charge is 0.252 e. The van der Waals surface area contributed by atoms with Gasteiger partial charge in [0.15, 0.2) is 11.5 Å². The summed E-state index contributed by atoms with van der Waals surface area (Å²) in [6.07, 6.45) is 11.2. The molecule has 9 nitrogen and oxygen atoms in total. The molecule has 1 fully saturated rings. The largest absolute Gasteiger partial charge is 0.493 e. The number of carbonyl (C=O) groups excluding carboxylic acids is 1. The highest BCUT2D eigenvalue weighted by Gasteiger charge is 2.20. The van der Waals surface area contributed by atoms with Crippen LogP contribution in [0.15, 0.2) is 55.2 Å². The van der Waals surface area contributed by atoms with E-state index in [4.69, 9.17) is 15.2 Å². The average molecular weight is 515 g/mol. The Balaban J connectivity index is 1.49. The van der Waals surface area contributed by atoms with Gasteiger partial charge in [-0.15, -0.1) is 0 Å². The van der Waals surface area contributed by atoms with E-state index in [2.05, 4.69) is 33.6 Å². The lowest BCUT2D eigenvalue weighted by atomic mass is 10.0. The van der Waals surface area contributed by atoms with Gasteiger partial charge in [-0.1, -0.05) is 19.1 Å². The van der Waals surface area contributed by atoms with Gasteiger partial charge in [0, 0.05) is 48.3 Å². The Morgan fingerprint density at radius 2 is 2.11 bits per heavy atom. The number of methoxy groups -OCH3 is 1. The number of benzene rings is 2. The summed E-state index contributed by atoms with van der Waals surface area (Å²) in [7, 11) is 1.61. The summed E-state index contributed by atoms with van der Waals surface area (Å²) in [6.45, 7) is 4.27. The minimum Gasteiger partial charge on any atom is -0.493 e. The van der Waals surface area contributed by atoms with E-state index in [-0.39, 0.29) is 0 Å². The van der Waals surface area contributed by atoms with E-state index in [0.29, 0.717) is 47.5 Å². The number of nitrogens with two attached hydrogens (primary N) is 1. The summed E-state index contributed by atoms with van der Waals surface area (Å²) in [5.41, 5.74) is 10.6. The molecule has 1 aliphatic carbocycles. The molecule has 2 aromatic carbocycles. The Labute approximate surface area is 222 Å². The Kier molecular flexibility index (Phi) is 7.74. The monoisotopic (exact) mass is 514 g/mol. The molecule has 4 aromatic rings. The fourth-order valence-electron chi connectivity index (χ4n) is 4.67. The summed E-state index contributed by atoms with van der Waals surface area (Å²) in [6, 6.07) is 10.5. The number of hydrogen-bond acceptors (Lipinski definition) is 7. The second-order valence-corrected chi connectivity index (χ2v) is 9.52. The maximum Gasteiger partial charge on any atom is 0.252 e. The molecule has 0 radical (unpaired) electrons. The van der Waals surface area contributed by atoms with E-state index in [0.717, 1.165) is 36.0 Å². The zero-order chi connectivity index (χ0) is 26.5. The van der Waals surface area contributed by atoms with Gasteiger partial charge in [-0.05, 0) is 55.5 Å². The fourth-order valence-corrected chi connectivity index (χ4v) is 4.67. The van der Waals surface area contributed by atoms with Gasteiger partial charge < -0.3 is 30.4 Å². The van der Waals surface area contributed by atoms with E-state index in [1.54, 1.807) is 19.6 Å². The number of fused-ring (bicyclic) bond motifs is 1. The van der Waals surface area contributed by atoms with Crippen molar-refractivity contribution in [3.8, 4) is 11.5 Å². The number of aromatic nitrogens is 3. The second-order valence-electron chi connectivity index (χ2n) is 9.52.